The van der Waals surface area contributed by atoms with E-state index in [0.29, 0.717) is 17.5 Å². The van der Waals surface area contributed by atoms with Crippen molar-refractivity contribution in [1.82, 2.24) is 20.2 Å². The van der Waals surface area contributed by atoms with E-state index in [1.165, 1.54) is 5.56 Å². The third kappa shape index (κ3) is 5.56. The molecule has 0 spiro atoms. The molecule has 1 aliphatic heterocycles. The fourth-order valence-corrected chi connectivity index (χ4v) is 4.45. The Bertz CT molecular complexity index is 941. The Hall–Kier alpha value is -3.05. The van der Waals surface area contributed by atoms with Crippen molar-refractivity contribution >= 4 is 5.91 Å². The van der Waals surface area contributed by atoms with Crippen molar-refractivity contribution in [3.63, 3.8) is 0 Å². The maximum atomic E-state index is 12.8. The van der Waals surface area contributed by atoms with E-state index in [2.05, 4.69) is 57.4 Å². The minimum atomic E-state index is -0.142. The number of hydrogen-bond acceptors (Lipinski definition) is 4. The summed E-state index contributed by atoms with van der Waals surface area (Å²) in [6.07, 6.45) is 5.51. The van der Waals surface area contributed by atoms with Gasteiger partial charge in [0.25, 0.3) is 5.91 Å². The number of benzene rings is 1. The van der Waals surface area contributed by atoms with Gasteiger partial charge in [-0.05, 0) is 67.6 Å². The Kier molecular flexibility index (Phi) is 7.05. The first kappa shape index (κ1) is 21.2. The van der Waals surface area contributed by atoms with Crippen LogP contribution in [0.3, 0.4) is 0 Å². The topological polar surface area (TPSA) is 58.1 Å². The molecule has 1 saturated heterocycles. The molecule has 5 nitrogen and oxygen atoms in total. The minimum absolute atomic E-state index is 0.107. The molecule has 0 saturated carbocycles. The first-order chi connectivity index (χ1) is 15.2. The molecule has 0 bridgehead atoms. The largest absolute Gasteiger partial charge is 0.342 e. The van der Waals surface area contributed by atoms with Crippen LogP contribution >= 0.6 is 0 Å². The van der Waals surface area contributed by atoms with E-state index in [0.717, 1.165) is 38.2 Å². The highest BCUT2D eigenvalue weighted by atomic mass is 16.1. The summed E-state index contributed by atoms with van der Waals surface area (Å²) in [7, 11) is 0. The van der Waals surface area contributed by atoms with Crippen LogP contribution in [0.5, 0.6) is 0 Å². The Morgan fingerprint density at radius 2 is 1.65 bits per heavy atom. The highest BCUT2D eigenvalue weighted by Gasteiger charge is 2.30. The first-order valence-electron chi connectivity index (χ1n) is 11.1. The lowest BCUT2D eigenvalue weighted by Gasteiger charge is -2.37. The van der Waals surface area contributed by atoms with Crippen LogP contribution in [-0.2, 0) is 0 Å². The SMILES string of the molecule is C[C@H](CN1CCC([C@@H](NC(=O)c2ccccn2)c2ccccn2)CC1)c1ccccc1. The lowest BCUT2D eigenvalue weighted by Crippen LogP contribution is -2.42. The van der Waals surface area contributed by atoms with Crippen LogP contribution in [0.2, 0.25) is 0 Å². The predicted molar refractivity (Wildman–Crippen MR) is 123 cm³/mol. The highest BCUT2D eigenvalue weighted by molar-refractivity contribution is 5.92. The summed E-state index contributed by atoms with van der Waals surface area (Å²) in [5, 5.41) is 3.22. The predicted octanol–water partition coefficient (Wildman–Crippen LogP) is 4.46. The van der Waals surface area contributed by atoms with Gasteiger partial charge >= 0.3 is 0 Å². The Morgan fingerprint density at radius 3 is 2.29 bits per heavy atom. The number of carbonyl (C=O) groups is 1. The highest BCUT2D eigenvalue weighted by Crippen LogP contribution is 2.31. The number of likely N-dealkylation sites (tertiary alicyclic amines) is 1. The van der Waals surface area contributed by atoms with Crippen LogP contribution in [0, 0.1) is 5.92 Å². The molecule has 1 N–H and O–H groups in total. The summed E-state index contributed by atoms with van der Waals surface area (Å²) in [6.45, 7) is 5.42. The molecule has 0 unspecified atom stereocenters. The monoisotopic (exact) mass is 414 g/mol. The number of piperidine rings is 1. The van der Waals surface area contributed by atoms with E-state index >= 15 is 0 Å². The van der Waals surface area contributed by atoms with E-state index in [-0.39, 0.29) is 11.9 Å². The van der Waals surface area contributed by atoms with Gasteiger partial charge in [0.05, 0.1) is 11.7 Å². The van der Waals surface area contributed by atoms with Crippen molar-refractivity contribution < 1.29 is 4.79 Å². The molecule has 2 atom stereocenters. The summed E-state index contributed by atoms with van der Waals surface area (Å²) in [6, 6.07) is 21.9. The molecule has 0 aliphatic carbocycles. The third-order valence-electron chi connectivity index (χ3n) is 6.19. The molecule has 5 heteroatoms. The van der Waals surface area contributed by atoms with Gasteiger partial charge in [-0.2, -0.15) is 0 Å². The Labute approximate surface area is 184 Å². The summed E-state index contributed by atoms with van der Waals surface area (Å²) in [5.41, 5.74) is 2.75. The summed E-state index contributed by atoms with van der Waals surface area (Å²) in [5.74, 6) is 0.718. The average molecular weight is 415 g/mol. The molecular weight excluding hydrogens is 384 g/mol. The molecule has 31 heavy (non-hydrogen) atoms. The fraction of sp³-hybridized carbons (Fsp3) is 0.346. The quantitative estimate of drug-likeness (QED) is 0.620. The van der Waals surface area contributed by atoms with E-state index in [4.69, 9.17) is 0 Å². The minimum Gasteiger partial charge on any atom is -0.342 e. The van der Waals surface area contributed by atoms with Crippen molar-refractivity contribution in [3.8, 4) is 0 Å². The molecule has 0 radical (unpaired) electrons. The number of nitrogens with zero attached hydrogens (tertiary/aromatic N) is 3. The molecule has 1 fully saturated rings. The van der Waals surface area contributed by atoms with E-state index in [9.17, 15) is 4.79 Å². The molecule has 3 aromatic rings. The van der Waals surface area contributed by atoms with Crippen LogP contribution in [-0.4, -0.2) is 40.4 Å². The van der Waals surface area contributed by atoms with Crippen molar-refractivity contribution in [3.05, 3.63) is 96.1 Å². The van der Waals surface area contributed by atoms with Gasteiger partial charge in [-0.25, -0.2) is 0 Å². The van der Waals surface area contributed by atoms with Gasteiger partial charge in [-0.15, -0.1) is 0 Å². The second kappa shape index (κ2) is 10.3. The zero-order chi connectivity index (χ0) is 21.5. The zero-order valence-electron chi connectivity index (χ0n) is 18.0. The maximum absolute atomic E-state index is 12.8. The van der Waals surface area contributed by atoms with Crippen LogP contribution < -0.4 is 5.32 Å². The molecule has 4 rings (SSSR count). The molecule has 1 aromatic carbocycles. The summed E-state index contributed by atoms with van der Waals surface area (Å²) >= 11 is 0. The normalized spacial score (nSPS) is 17.1. The number of carbonyl (C=O) groups excluding carboxylic acids is 1. The molecule has 3 heterocycles. The lowest BCUT2D eigenvalue weighted by atomic mass is 9.86. The first-order valence-corrected chi connectivity index (χ1v) is 11.1. The van der Waals surface area contributed by atoms with Crippen LogP contribution in [0.1, 0.15) is 53.5 Å². The van der Waals surface area contributed by atoms with Crippen LogP contribution in [0.25, 0.3) is 0 Å². The number of nitrogens with one attached hydrogen (secondary N) is 1. The number of aromatic nitrogens is 2. The lowest BCUT2D eigenvalue weighted by molar-refractivity contribution is 0.0884. The number of pyridine rings is 2. The maximum Gasteiger partial charge on any atom is 0.270 e. The van der Waals surface area contributed by atoms with Gasteiger partial charge in [0.2, 0.25) is 0 Å². The molecular formula is C26H30N4O. The second-order valence-corrected chi connectivity index (χ2v) is 8.37. The van der Waals surface area contributed by atoms with Gasteiger partial charge in [-0.1, -0.05) is 49.4 Å². The molecule has 1 amide bonds. The van der Waals surface area contributed by atoms with Crippen LogP contribution in [0.4, 0.5) is 0 Å². The third-order valence-corrected chi connectivity index (χ3v) is 6.19. The standard InChI is InChI=1S/C26H30N4O/c1-20(21-9-3-2-4-10-21)19-30-17-13-22(14-18-30)25(23-11-5-7-15-27-23)29-26(31)24-12-6-8-16-28-24/h2-12,15-16,20,22,25H,13-14,17-19H2,1H3,(H,29,31)/t20-,25-/m1/s1. The molecule has 160 valence electrons. The van der Waals surface area contributed by atoms with Gasteiger partial charge in [-0.3, -0.25) is 14.8 Å². The Balaban J connectivity index is 1.41. The molecule has 1 aliphatic rings. The van der Waals surface area contributed by atoms with E-state index in [1.54, 1.807) is 18.5 Å². The smallest absolute Gasteiger partial charge is 0.270 e. The van der Waals surface area contributed by atoms with Crippen LogP contribution in [0.15, 0.2) is 79.1 Å². The second-order valence-electron chi connectivity index (χ2n) is 8.37. The number of hydrogen-bond donors (Lipinski definition) is 1. The van der Waals surface area contributed by atoms with Crippen molar-refractivity contribution in [2.75, 3.05) is 19.6 Å². The van der Waals surface area contributed by atoms with Gasteiger partial charge in [0, 0.05) is 18.9 Å². The number of amides is 1. The van der Waals surface area contributed by atoms with Gasteiger partial charge in [0.1, 0.15) is 5.69 Å². The van der Waals surface area contributed by atoms with Gasteiger partial charge in [0.15, 0.2) is 0 Å². The van der Waals surface area contributed by atoms with Gasteiger partial charge < -0.3 is 10.2 Å². The van der Waals surface area contributed by atoms with E-state index in [1.807, 2.05) is 30.3 Å². The van der Waals surface area contributed by atoms with Crippen molar-refractivity contribution in [1.29, 1.82) is 0 Å². The number of rotatable bonds is 7. The summed E-state index contributed by atoms with van der Waals surface area (Å²) in [4.78, 5) is 24.1. The summed E-state index contributed by atoms with van der Waals surface area (Å²) < 4.78 is 0. The Morgan fingerprint density at radius 1 is 0.968 bits per heavy atom. The molecule has 2 aromatic heterocycles. The van der Waals surface area contributed by atoms with Crippen molar-refractivity contribution in [2.24, 2.45) is 5.92 Å². The average Bonchev–Trinajstić information content (AvgIpc) is 2.84. The fourth-order valence-electron chi connectivity index (χ4n) is 4.45. The van der Waals surface area contributed by atoms with Crippen molar-refractivity contribution in [2.45, 2.75) is 31.7 Å². The zero-order valence-corrected chi connectivity index (χ0v) is 18.0. The van der Waals surface area contributed by atoms with E-state index < -0.39 is 0 Å².